The summed E-state index contributed by atoms with van der Waals surface area (Å²) in [5, 5.41) is 13.6. The largest absolute Gasteiger partial charge is 0.396 e. The van der Waals surface area contributed by atoms with Crippen molar-refractivity contribution in [3.05, 3.63) is 35.9 Å². The molecule has 0 spiro atoms. The Morgan fingerprint density at radius 3 is 2.62 bits per heavy atom. The molecule has 182 valence electrons. The molecule has 0 unspecified atom stereocenters. The number of aromatic nitrogens is 5. The fourth-order valence-corrected chi connectivity index (χ4v) is 4.84. The van der Waals surface area contributed by atoms with Gasteiger partial charge in [-0.25, -0.2) is 8.78 Å². The van der Waals surface area contributed by atoms with E-state index < -0.39 is 12.3 Å². The number of fused-ring (bicyclic) bond motifs is 1. The van der Waals surface area contributed by atoms with E-state index in [4.69, 9.17) is 10.5 Å². The van der Waals surface area contributed by atoms with Crippen molar-refractivity contribution in [3.8, 4) is 5.69 Å². The summed E-state index contributed by atoms with van der Waals surface area (Å²) in [5.41, 5.74) is 5.83. The zero-order valence-electron chi connectivity index (χ0n) is 18.7. The highest BCUT2D eigenvalue weighted by Gasteiger charge is 2.31. The Balaban J connectivity index is 1.56. The Kier molecular flexibility index (Phi) is 6.17. The Labute approximate surface area is 194 Å². The molecule has 2 aliphatic rings. The molecule has 0 radical (unpaired) electrons. The van der Waals surface area contributed by atoms with E-state index in [2.05, 4.69) is 10.1 Å². The van der Waals surface area contributed by atoms with Crippen LogP contribution in [0.15, 0.2) is 24.7 Å². The molecule has 5 rings (SSSR count). The lowest BCUT2D eigenvalue weighted by molar-refractivity contribution is -0.600. The van der Waals surface area contributed by atoms with Crippen molar-refractivity contribution < 1.29 is 27.9 Å². The molecular formula is C22H28F2N7O3+. The van der Waals surface area contributed by atoms with Gasteiger partial charge in [0, 0.05) is 25.8 Å². The van der Waals surface area contributed by atoms with Crippen molar-refractivity contribution in [1.29, 1.82) is 0 Å². The average molecular weight is 477 g/mol. The third-order valence-corrected chi connectivity index (χ3v) is 6.77. The number of hydrogen-bond acceptors (Lipinski definition) is 6. The van der Waals surface area contributed by atoms with Crippen LogP contribution in [0.5, 0.6) is 0 Å². The van der Waals surface area contributed by atoms with E-state index in [9.17, 15) is 18.7 Å². The van der Waals surface area contributed by atoms with Gasteiger partial charge in [-0.3, -0.25) is 9.48 Å². The molecule has 10 nitrogen and oxygen atoms in total. The quantitative estimate of drug-likeness (QED) is 0.520. The molecule has 1 saturated carbocycles. The second-order valence-corrected chi connectivity index (χ2v) is 8.84. The van der Waals surface area contributed by atoms with Crippen molar-refractivity contribution >= 4 is 17.4 Å². The fourth-order valence-electron chi connectivity index (χ4n) is 4.84. The number of halogens is 2. The highest BCUT2D eigenvalue weighted by atomic mass is 19.3. The van der Waals surface area contributed by atoms with Crippen LogP contribution in [-0.2, 0) is 4.74 Å². The summed E-state index contributed by atoms with van der Waals surface area (Å²) in [6.45, 7) is 2.62. The number of hydrogen-bond donors (Lipinski definition) is 2. The fraction of sp³-hybridized carbons (Fsp3) is 0.545. The van der Waals surface area contributed by atoms with E-state index >= 15 is 0 Å². The number of nitrogens with two attached hydrogens (primary N) is 1. The van der Waals surface area contributed by atoms with E-state index in [1.165, 1.54) is 10.9 Å². The molecule has 1 aliphatic heterocycles. The molecule has 4 heterocycles. The Morgan fingerprint density at radius 1 is 1.24 bits per heavy atom. The Morgan fingerprint density at radius 2 is 1.97 bits per heavy atom. The molecule has 34 heavy (non-hydrogen) atoms. The first-order valence-electron chi connectivity index (χ1n) is 11.5. The van der Waals surface area contributed by atoms with Gasteiger partial charge in [0.2, 0.25) is 5.82 Å². The molecule has 0 bridgehead atoms. The lowest BCUT2D eigenvalue weighted by Gasteiger charge is -2.27. The van der Waals surface area contributed by atoms with Gasteiger partial charge in [-0.2, -0.15) is 9.78 Å². The molecule has 0 aromatic carbocycles. The number of primary amides is 1. The maximum absolute atomic E-state index is 14.0. The second-order valence-electron chi connectivity index (χ2n) is 8.84. The van der Waals surface area contributed by atoms with Crippen LogP contribution in [0.2, 0.25) is 0 Å². The van der Waals surface area contributed by atoms with Crippen LogP contribution >= 0.6 is 0 Å². The lowest BCUT2D eigenvalue weighted by Crippen LogP contribution is -2.38. The van der Waals surface area contributed by atoms with Crippen LogP contribution in [-0.4, -0.2) is 63.4 Å². The van der Waals surface area contributed by atoms with E-state index in [1.807, 2.05) is 4.90 Å². The average Bonchev–Trinajstić information content (AvgIpc) is 3.46. The summed E-state index contributed by atoms with van der Waals surface area (Å²) in [5.74, 6) is 0.208. The minimum absolute atomic E-state index is 0.0254. The number of ether oxygens (including phenoxy) is 1. The molecule has 3 N–H and O–H groups in total. The lowest BCUT2D eigenvalue weighted by atomic mass is 9.87. The zero-order chi connectivity index (χ0) is 23.8. The van der Waals surface area contributed by atoms with Crippen LogP contribution in [0.1, 0.15) is 54.2 Å². The summed E-state index contributed by atoms with van der Waals surface area (Å²) in [6, 6.07) is 1.75. The standard InChI is InChI=1S/C22H27F2N7O3/c23-20(24)19-17(12-29(27-19)15-3-1-14(13-32)2-4-15)31-11-16(21(25)33)22-26-18(5-6-30(22)31)28-7-9-34-10-8-28/h5-6,11-12,14-15,20,32H,1-4,7-10,13H2,(H-,25,33)/p+1. The summed E-state index contributed by atoms with van der Waals surface area (Å²) >= 11 is 0. The molecule has 2 fully saturated rings. The van der Waals surface area contributed by atoms with Crippen LogP contribution < -0.4 is 15.1 Å². The number of rotatable bonds is 6. The molecule has 1 amide bonds. The molecule has 3 aromatic rings. The number of carbonyl (C=O) groups is 1. The number of morpholine rings is 1. The summed E-state index contributed by atoms with van der Waals surface area (Å²) in [7, 11) is 0. The van der Waals surface area contributed by atoms with Crippen molar-refractivity contribution in [2.75, 3.05) is 37.8 Å². The highest BCUT2D eigenvalue weighted by molar-refractivity contribution is 5.97. The SMILES string of the molecule is NC(=O)c1cn(-c2cn(C3CCC(CO)CC3)nc2C(F)F)[n+]2ccc(N3CCOCC3)nc12. The monoisotopic (exact) mass is 476 g/mol. The summed E-state index contributed by atoms with van der Waals surface area (Å²) in [6.07, 6.45) is 5.07. The first-order chi connectivity index (χ1) is 16.5. The van der Waals surface area contributed by atoms with Gasteiger partial charge in [0.05, 0.1) is 31.6 Å². The van der Waals surface area contributed by atoms with Gasteiger partial charge in [-0.05, 0) is 36.6 Å². The van der Waals surface area contributed by atoms with E-state index in [-0.39, 0.29) is 41.2 Å². The van der Waals surface area contributed by atoms with Crippen molar-refractivity contribution in [2.45, 2.75) is 38.2 Å². The number of alkyl halides is 2. The van der Waals surface area contributed by atoms with Crippen molar-refractivity contribution in [3.63, 3.8) is 0 Å². The Bertz CT molecular complexity index is 1180. The van der Waals surface area contributed by atoms with Crippen LogP contribution in [0.25, 0.3) is 11.3 Å². The van der Waals surface area contributed by atoms with E-state index in [1.54, 1.807) is 27.7 Å². The minimum atomic E-state index is -2.80. The van der Waals surface area contributed by atoms with Crippen LogP contribution in [0.3, 0.4) is 0 Å². The maximum atomic E-state index is 14.0. The number of carbonyl (C=O) groups excluding carboxylic acids is 1. The van der Waals surface area contributed by atoms with Gasteiger partial charge in [-0.1, -0.05) is 0 Å². The number of aliphatic hydroxyl groups is 1. The molecule has 1 aliphatic carbocycles. The van der Waals surface area contributed by atoms with Gasteiger partial charge < -0.3 is 20.5 Å². The van der Waals surface area contributed by atoms with E-state index in [0.717, 1.165) is 25.7 Å². The van der Waals surface area contributed by atoms with Gasteiger partial charge in [0.1, 0.15) is 11.9 Å². The maximum Gasteiger partial charge on any atom is 0.363 e. The van der Waals surface area contributed by atoms with Crippen molar-refractivity contribution in [2.24, 2.45) is 11.7 Å². The third-order valence-electron chi connectivity index (χ3n) is 6.77. The molecule has 12 heteroatoms. The van der Waals surface area contributed by atoms with Crippen LogP contribution in [0.4, 0.5) is 14.6 Å². The molecule has 0 atom stereocenters. The number of anilines is 1. The first-order valence-corrected chi connectivity index (χ1v) is 11.5. The molecule has 1 saturated heterocycles. The Hall–Kier alpha value is -3.12. The predicted octanol–water partition coefficient (Wildman–Crippen LogP) is 1.40. The van der Waals surface area contributed by atoms with Crippen molar-refractivity contribution in [1.82, 2.24) is 19.4 Å². The first kappa shape index (κ1) is 22.7. The highest BCUT2D eigenvalue weighted by Crippen LogP contribution is 2.34. The zero-order valence-corrected chi connectivity index (χ0v) is 18.7. The second kappa shape index (κ2) is 9.26. The van der Waals surface area contributed by atoms with E-state index in [0.29, 0.717) is 32.1 Å². The topological polar surface area (TPSA) is 116 Å². The number of amides is 1. The van der Waals surface area contributed by atoms with Gasteiger partial charge >= 0.3 is 5.65 Å². The van der Waals surface area contributed by atoms with Crippen LogP contribution in [0, 0.1) is 5.92 Å². The summed E-state index contributed by atoms with van der Waals surface area (Å²) < 4.78 is 38.0. The number of aliphatic hydroxyl groups excluding tert-OH is 1. The van der Waals surface area contributed by atoms with Gasteiger partial charge in [0.15, 0.2) is 11.3 Å². The minimum Gasteiger partial charge on any atom is -0.396 e. The summed E-state index contributed by atoms with van der Waals surface area (Å²) in [4.78, 5) is 18.9. The van der Waals surface area contributed by atoms with Gasteiger partial charge in [-0.15, -0.1) is 4.52 Å². The normalized spacial score (nSPS) is 21.5. The molecular weight excluding hydrogens is 448 g/mol. The number of nitrogens with zero attached hydrogens (tertiary/aromatic N) is 6. The third kappa shape index (κ3) is 4.11. The smallest absolute Gasteiger partial charge is 0.363 e. The van der Waals surface area contributed by atoms with Gasteiger partial charge in [0.25, 0.3) is 12.3 Å². The molecule has 3 aromatic heterocycles. The predicted molar refractivity (Wildman–Crippen MR) is 117 cm³/mol.